The summed E-state index contributed by atoms with van der Waals surface area (Å²) in [4.78, 5) is 0. The molecule has 0 aromatic heterocycles. The van der Waals surface area contributed by atoms with Gasteiger partial charge in [0.2, 0.25) is 0 Å². The predicted molar refractivity (Wildman–Crippen MR) is 54.4 cm³/mol. The number of nitrogens with one attached hydrogen (secondary N) is 1. The van der Waals surface area contributed by atoms with Gasteiger partial charge in [0, 0.05) is 0 Å². The summed E-state index contributed by atoms with van der Waals surface area (Å²) in [5.74, 6) is 0.848. The molecule has 0 saturated carbocycles. The van der Waals surface area contributed by atoms with E-state index in [1.807, 2.05) is 24.3 Å². The van der Waals surface area contributed by atoms with Crippen molar-refractivity contribution in [3.63, 3.8) is 0 Å². The topological polar surface area (TPSA) is 41.5 Å². The van der Waals surface area contributed by atoms with Gasteiger partial charge in [0.1, 0.15) is 5.75 Å². The van der Waals surface area contributed by atoms with Crippen molar-refractivity contribution in [1.29, 1.82) is 0 Å². The lowest BCUT2D eigenvalue weighted by atomic mass is 10.0. The van der Waals surface area contributed by atoms with Crippen LogP contribution in [0.15, 0.2) is 24.3 Å². The minimum Gasteiger partial charge on any atom is -0.497 e. The summed E-state index contributed by atoms with van der Waals surface area (Å²) in [6.07, 6.45) is 0.569. The van der Waals surface area contributed by atoms with Crippen LogP contribution >= 0.6 is 0 Å². The molecule has 1 aliphatic rings. The van der Waals surface area contributed by atoms with E-state index in [0.717, 1.165) is 24.3 Å². The quantitative estimate of drug-likeness (QED) is 0.738. The molecule has 14 heavy (non-hydrogen) atoms. The summed E-state index contributed by atoms with van der Waals surface area (Å²) < 4.78 is 5.08. The first-order valence-corrected chi connectivity index (χ1v) is 4.86. The molecule has 1 aromatic carbocycles. The van der Waals surface area contributed by atoms with E-state index < -0.39 is 0 Å². The number of rotatable bonds is 2. The minimum atomic E-state index is -0.261. The highest BCUT2D eigenvalue weighted by molar-refractivity contribution is 5.30. The number of methoxy groups -OCH3 is 1. The SMILES string of the molecule is COc1ccc([C@@H]2NCC[C@@H]2O)cc1. The molecule has 2 rings (SSSR count). The molecule has 2 atom stereocenters. The summed E-state index contributed by atoms with van der Waals surface area (Å²) in [5, 5.41) is 12.9. The molecule has 0 bridgehead atoms. The molecule has 0 amide bonds. The Hall–Kier alpha value is -1.06. The van der Waals surface area contributed by atoms with Crippen molar-refractivity contribution >= 4 is 0 Å². The summed E-state index contributed by atoms with van der Waals surface area (Å²) in [5.41, 5.74) is 1.12. The van der Waals surface area contributed by atoms with Crippen LogP contribution in [0.5, 0.6) is 5.75 Å². The monoisotopic (exact) mass is 193 g/mol. The lowest BCUT2D eigenvalue weighted by molar-refractivity contribution is 0.160. The number of hydrogen-bond donors (Lipinski definition) is 2. The number of ether oxygens (including phenoxy) is 1. The van der Waals surface area contributed by atoms with Crippen molar-refractivity contribution in [2.24, 2.45) is 0 Å². The minimum absolute atomic E-state index is 0.0842. The van der Waals surface area contributed by atoms with Crippen LogP contribution in [-0.4, -0.2) is 24.9 Å². The zero-order chi connectivity index (χ0) is 9.97. The van der Waals surface area contributed by atoms with Gasteiger partial charge < -0.3 is 15.2 Å². The third-order valence-electron chi connectivity index (χ3n) is 2.66. The first-order chi connectivity index (χ1) is 6.81. The van der Waals surface area contributed by atoms with E-state index in [4.69, 9.17) is 4.74 Å². The van der Waals surface area contributed by atoms with Crippen molar-refractivity contribution in [2.45, 2.75) is 18.6 Å². The van der Waals surface area contributed by atoms with Gasteiger partial charge in [0.05, 0.1) is 19.3 Å². The second-order valence-corrected chi connectivity index (χ2v) is 3.56. The fraction of sp³-hybridized carbons (Fsp3) is 0.455. The van der Waals surface area contributed by atoms with Gasteiger partial charge in [-0.05, 0) is 30.7 Å². The van der Waals surface area contributed by atoms with Crippen molar-refractivity contribution in [3.05, 3.63) is 29.8 Å². The second kappa shape index (κ2) is 3.98. The summed E-state index contributed by atoms with van der Waals surface area (Å²) in [6.45, 7) is 0.887. The zero-order valence-electron chi connectivity index (χ0n) is 8.23. The zero-order valence-corrected chi connectivity index (χ0v) is 8.23. The molecule has 1 fully saturated rings. The largest absolute Gasteiger partial charge is 0.497 e. The number of hydrogen-bond acceptors (Lipinski definition) is 3. The van der Waals surface area contributed by atoms with Crippen LogP contribution in [0.1, 0.15) is 18.0 Å². The van der Waals surface area contributed by atoms with Gasteiger partial charge in [-0.25, -0.2) is 0 Å². The van der Waals surface area contributed by atoms with Gasteiger partial charge in [-0.3, -0.25) is 0 Å². The van der Waals surface area contributed by atoms with Gasteiger partial charge >= 0.3 is 0 Å². The standard InChI is InChI=1S/C11H15NO2/c1-14-9-4-2-8(3-5-9)11-10(13)6-7-12-11/h2-5,10-13H,6-7H2,1H3/t10-,11-/m0/s1. The molecule has 76 valence electrons. The average Bonchev–Trinajstić information content (AvgIpc) is 2.65. The van der Waals surface area contributed by atoms with E-state index in [1.54, 1.807) is 7.11 Å². The highest BCUT2D eigenvalue weighted by Gasteiger charge is 2.25. The molecule has 3 nitrogen and oxygen atoms in total. The van der Waals surface area contributed by atoms with E-state index in [2.05, 4.69) is 5.32 Å². The predicted octanol–water partition coefficient (Wildman–Crippen LogP) is 1.09. The Labute approximate surface area is 83.7 Å². The maximum Gasteiger partial charge on any atom is 0.118 e. The summed E-state index contributed by atoms with van der Waals surface area (Å²) in [6, 6.07) is 7.90. The molecule has 0 aliphatic carbocycles. The van der Waals surface area contributed by atoms with Crippen molar-refractivity contribution in [3.8, 4) is 5.75 Å². The molecule has 2 N–H and O–H groups in total. The third kappa shape index (κ3) is 1.74. The van der Waals surface area contributed by atoms with E-state index in [9.17, 15) is 5.11 Å². The van der Waals surface area contributed by atoms with Crippen LogP contribution in [0.3, 0.4) is 0 Å². The van der Waals surface area contributed by atoms with Crippen LogP contribution in [0.4, 0.5) is 0 Å². The Morgan fingerprint density at radius 1 is 1.36 bits per heavy atom. The smallest absolute Gasteiger partial charge is 0.118 e. The van der Waals surface area contributed by atoms with Crippen molar-refractivity contribution in [2.75, 3.05) is 13.7 Å². The fourth-order valence-electron chi connectivity index (χ4n) is 1.84. The van der Waals surface area contributed by atoms with Crippen LogP contribution < -0.4 is 10.1 Å². The molecule has 1 aliphatic heterocycles. The summed E-state index contributed by atoms with van der Waals surface area (Å²) >= 11 is 0. The molecular weight excluding hydrogens is 178 g/mol. The normalized spacial score (nSPS) is 26.4. The number of benzene rings is 1. The third-order valence-corrected chi connectivity index (χ3v) is 2.66. The van der Waals surface area contributed by atoms with Gasteiger partial charge in [0.25, 0.3) is 0 Å². The Kier molecular flexibility index (Phi) is 2.70. The van der Waals surface area contributed by atoms with Crippen LogP contribution in [-0.2, 0) is 0 Å². The second-order valence-electron chi connectivity index (χ2n) is 3.56. The molecule has 3 heteroatoms. The van der Waals surface area contributed by atoms with E-state index in [-0.39, 0.29) is 12.1 Å². The number of aliphatic hydroxyl groups excluding tert-OH is 1. The van der Waals surface area contributed by atoms with E-state index in [1.165, 1.54) is 0 Å². The molecule has 1 heterocycles. The van der Waals surface area contributed by atoms with Gasteiger partial charge in [-0.15, -0.1) is 0 Å². The fourth-order valence-corrected chi connectivity index (χ4v) is 1.84. The Morgan fingerprint density at radius 3 is 2.57 bits per heavy atom. The molecule has 0 spiro atoms. The molecular formula is C11H15NO2. The van der Waals surface area contributed by atoms with Crippen LogP contribution in [0.2, 0.25) is 0 Å². The van der Waals surface area contributed by atoms with Crippen molar-refractivity contribution in [1.82, 2.24) is 5.32 Å². The summed E-state index contributed by atoms with van der Waals surface area (Å²) in [7, 11) is 1.65. The maximum atomic E-state index is 9.68. The van der Waals surface area contributed by atoms with Gasteiger partial charge in [-0.2, -0.15) is 0 Å². The van der Waals surface area contributed by atoms with Gasteiger partial charge in [0.15, 0.2) is 0 Å². The average molecular weight is 193 g/mol. The van der Waals surface area contributed by atoms with Crippen LogP contribution in [0.25, 0.3) is 0 Å². The Bertz CT molecular complexity index is 297. The van der Waals surface area contributed by atoms with Crippen LogP contribution in [0, 0.1) is 0 Å². The lowest BCUT2D eigenvalue weighted by Gasteiger charge is -2.15. The first kappa shape index (κ1) is 9.49. The molecule has 1 saturated heterocycles. The molecule has 0 unspecified atom stereocenters. The lowest BCUT2D eigenvalue weighted by Crippen LogP contribution is -2.20. The van der Waals surface area contributed by atoms with E-state index in [0.29, 0.717) is 0 Å². The van der Waals surface area contributed by atoms with Gasteiger partial charge in [-0.1, -0.05) is 12.1 Å². The highest BCUT2D eigenvalue weighted by atomic mass is 16.5. The first-order valence-electron chi connectivity index (χ1n) is 4.86. The molecule has 1 aromatic rings. The Balaban J connectivity index is 2.16. The van der Waals surface area contributed by atoms with E-state index >= 15 is 0 Å². The maximum absolute atomic E-state index is 9.68. The number of aliphatic hydroxyl groups is 1. The van der Waals surface area contributed by atoms with Crippen molar-refractivity contribution < 1.29 is 9.84 Å². The molecule has 0 radical (unpaired) electrons. The highest BCUT2D eigenvalue weighted by Crippen LogP contribution is 2.25. The Morgan fingerprint density at radius 2 is 2.07 bits per heavy atom.